The lowest BCUT2D eigenvalue weighted by Crippen LogP contribution is -2.63. The molecule has 3 aliphatic rings. The number of aliphatic hydroxyl groups excluding tert-OH is 1. The molecule has 1 aromatic rings. The van der Waals surface area contributed by atoms with Crippen molar-refractivity contribution in [2.75, 3.05) is 0 Å². The van der Waals surface area contributed by atoms with Crippen LogP contribution in [-0.4, -0.2) is 33.6 Å². The predicted octanol–water partition coefficient (Wildman–Crippen LogP) is 3.91. The smallest absolute Gasteiger partial charge is 0.344 e. The summed E-state index contributed by atoms with van der Waals surface area (Å²) in [5.74, 6) is -0.690. The second-order valence-electron chi connectivity index (χ2n) is 11.3. The van der Waals surface area contributed by atoms with Crippen LogP contribution in [0.15, 0.2) is 35.8 Å². The highest BCUT2D eigenvalue weighted by atomic mass is 16.5. The van der Waals surface area contributed by atoms with Gasteiger partial charge in [-0.15, -0.1) is 6.58 Å². The highest BCUT2D eigenvalue weighted by Gasteiger charge is 2.68. The van der Waals surface area contributed by atoms with Crippen molar-refractivity contribution in [3.8, 4) is 0 Å². The molecule has 3 aliphatic carbocycles. The Hall–Kier alpha value is -2.21. The summed E-state index contributed by atoms with van der Waals surface area (Å²) < 4.78 is 7.53. The highest BCUT2D eigenvalue weighted by molar-refractivity contribution is 5.89. The molecular weight excluding hydrogens is 418 g/mol. The lowest BCUT2D eigenvalue weighted by atomic mass is 9.44. The summed E-state index contributed by atoms with van der Waals surface area (Å²) in [5, 5.41) is 11.6. The number of ketones is 1. The van der Waals surface area contributed by atoms with Crippen LogP contribution in [0.3, 0.4) is 0 Å². The van der Waals surface area contributed by atoms with Crippen LogP contribution in [0, 0.1) is 34.0 Å². The van der Waals surface area contributed by atoms with E-state index in [-0.39, 0.29) is 34.5 Å². The largest absolute Gasteiger partial charge is 0.458 e. The van der Waals surface area contributed by atoms with E-state index in [0.29, 0.717) is 12.8 Å². The molecule has 0 amide bonds. The van der Waals surface area contributed by atoms with Gasteiger partial charge in [0.1, 0.15) is 17.5 Å². The molecule has 4 rings (SSSR count). The SMILES string of the molecule is C=C[C@]1(C)C[C@@H](OC(=O)c2cccn(C)c2=O)[C@@]2(C)C3C(=O)CCC3(CC[C@H]2C)[C@@H](C)[C@@H]1O. The fourth-order valence-electron chi connectivity index (χ4n) is 7.45. The molecule has 2 unspecified atom stereocenters. The van der Waals surface area contributed by atoms with Crippen LogP contribution in [0.2, 0.25) is 0 Å². The first-order valence-electron chi connectivity index (χ1n) is 12.1. The third-order valence-corrected chi connectivity index (χ3v) is 9.89. The Morgan fingerprint density at radius 1 is 1.27 bits per heavy atom. The molecule has 0 aliphatic heterocycles. The Balaban J connectivity index is 1.86. The fourth-order valence-corrected chi connectivity index (χ4v) is 7.45. The van der Waals surface area contributed by atoms with Crippen LogP contribution in [0.4, 0.5) is 0 Å². The number of carbonyl (C=O) groups is 2. The maximum Gasteiger partial charge on any atom is 0.344 e. The number of nitrogens with zero attached hydrogens (tertiary/aromatic N) is 1. The van der Waals surface area contributed by atoms with E-state index in [0.717, 1.165) is 19.3 Å². The molecule has 3 fully saturated rings. The summed E-state index contributed by atoms with van der Waals surface area (Å²) in [6.45, 7) is 12.3. The van der Waals surface area contributed by atoms with Gasteiger partial charge in [0.05, 0.1) is 6.10 Å². The summed E-state index contributed by atoms with van der Waals surface area (Å²) in [4.78, 5) is 39.3. The summed E-state index contributed by atoms with van der Waals surface area (Å²) in [6.07, 6.45) is 5.40. The molecule has 1 aromatic heterocycles. The van der Waals surface area contributed by atoms with Crippen molar-refractivity contribution in [3.05, 3.63) is 46.9 Å². The maximum absolute atomic E-state index is 13.4. The van der Waals surface area contributed by atoms with Gasteiger partial charge in [-0.05, 0) is 55.1 Å². The third-order valence-electron chi connectivity index (χ3n) is 9.89. The number of rotatable bonds is 3. The molecule has 0 saturated heterocycles. The first-order valence-corrected chi connectivity index (χ1v) is 12.1. The Morgan fingerprint density at radius 2 is 1.97 bits per heavy atom. The molecule has 1 N–H and O–H groups in total. The number of hydrogen-bond donors (Lipinski definition) is 1. The number of aryl methyl sites for hydroxylation is 1. The van der Waals surface area contributed by atoms with Crippen LogP contribution in [0.1, 0.15) is 70.2 Å². The van der Waals surface area contributed by atoms with Crippen molar-refractivity contribution in [1.29, 1.82) is 0 Å². The fraction of sp³-hybridized carbons (Fsp3) is 0.667. The molecule has 0 aromatic carbocycles. The number of hydrogen-bond acceptors (Lipinski definition) is 5. The van der Waals surface area contributed by atoms with Crippen molar-refractivity contribution in [2.45, 2.75) is 72.0 Å². The monoisotopic (exact) mass is 455 g/mol. The number of Topliss-reactive ketones (excluding diaryl/α,β-unsaturated/α-hetero) is 1. The standard InChI is InChI=1S/C27H37NO5/c1-7-25(4)15-20(33-24(32)18-9-8-14-28(6)23(18)31)26(5)16(2)10-12-27(17(3)22(25)30)13-11-19(29)21(26)27/h7-9,14,16-17,20-22,30H,1,10-13,15H2,2-6H3/t16-,17+,20-,21?,22+,25-,26+,27?/m1/s1. The van der Waals surface area contributed by atoms with E-state index in [4.69, 9.17) is 4.74 Å². The molecular formula is C27H37NO5. The number of esters is 1. The van der Waals surface area contributed by atoms with Gasteiger partial charge in [0.25, 0.3) is 5.56 Å². The van der Waals surface area contributed by atoms with Gasteiger partial charge in [-0.1, -0.05) is 33.8 Å². The Morgan fingerprint density at radius 3 is 2.64 bits per heavy atom. The minimum absolute atomic E-state index is 0.0210. The summed E-state index contributed by atoms with van der Waals surface area (Å²) in [5.41, 5.74) is -2.06. The Labute approximate surface area is 196 Å². The zero-order valence-electron chi connectivity index (χ0n) is 20.5. The van der Waals surface area contributed by atoms with E-state index >= 15 is 0 Å². The molecule has 33 heavy (non-hydrogen) atoms. The number of aliphatic hydroxyl groups is 1. The van der Waals surface area contributed by atoms with E-state index in [9.17, 15) is 19.5 Å². The van der Waals surface area contributed by atoms with Crippen molar-refractivity contribution in [1.82, 2.24) is 4.57 Å². The Bertz CT molecular complexity index is 1050. The molecule has 3 saturated carbocycles. The van der Waals surface area contributed by atoms with Crippen LogP contribution in [-0.2, 0) is 16.6 Å². The lowest BCUT2D eigenvalue weighted by molar-refractivity contribution is -0.192. The molecule has 180 valence electrons. The van der Waals surface area contributed by atoms with Gasteiger partial charge < -0.3 is 14.4 Å². The molecule has 6 nitrogen and oxygen atoms in total. The van der Waals surface area contributed by atoms with Gasteiger partial charge in [0.15, 0.2) is 0 Å². The maximum atomic E-state index is 13.4. The van der Waals surface area contributed by atoms with Gasteiger partial charge in [-0.25, -0.2) is 4.79 Å². The van der Waals surface area contributed by atoms with Crippen molar-refractivity contribution < 1.29 is 19.4 Å². The third kappa shape index (κ3) is 3.28. The van der Waals surface area contributed by atoms with Crippen LogP contribution in [0.5, 0.6) is 0 Å². The number of carbonyl (C=O) groups excluding carboxylic acids is 2. The van der Waals surface area contributed by atoms with E-state index in [1.165, 1.54) is 10.6 Å². The van der Waals surface area contributed by atoms with Crippen LogP contribution >= 0.6 is 0 Å². The van der Waals surface area contributed by atoms with Gasteiger partial charge in [0.2, 0.25) is 0 Å². The number of pyridine rings is 1. The second kappa shape index (κ2) is 7.93. The zero-order valence-corrected chi connectivity index (χ0v) is 20.5. The zero-order chi connectivity index (χ0) is 24.3. The van der Waals surface area contributed by atoms with E-state index in [2.05, 4.69) is 27.4 Å². The average Bonchev–Trinajstić information content (AvgIpc) is 3.14. The van der Waals surface area contributed by atoms with Gasteiger partial charge in [0, 0.05) is 36.4 Å². The average molecular weight is 456 g/mol. The first-order chi connectivity index (χ1) is 15.4. The van der Waals surface area contributed by atoms with E-state index < -0.39 is 34.6 Å². The van der Waals surface area contributed by atoms with Crippen molar-refractivity contribution >= 4 is 11.8 Å². The molecule has 2 bridgehead atoms. The topological polar surface area (TPSA) is 85.6 Å². The lowest BCUT2D eigenvalue weighted by Gasteiger charge is -2.61. The second-order valence-corrected chi connectivity index (χ2v) is 11.3. The van der Waals surface area contributed by atoms with Crippen LogP contribution < -0.4 is 5.56 Å². The van der Waals surface area contributed by atoms with Gasteiger partial charge in [-0.2, -0.15) is 0 Å². The normalized spacial score (nSPS) is 42.7. The summed E-state index contributed by atoms with van der Waals surface area (Å²) in [7, 11) is 1.59. The van der Waals surface area contributed by atoms with Gasteiger partial charge >= 0.3 is 5.97 Å². The molecule has 0 spiro atoms. The van der Waals surface area contributed by atoms with E-state index in [1.807, 2.05) is 6.92 Å². The van der Waals surface area contributed by atoms with Gasteiger partial charge in [-0.3, -0.25) is 9.59 Å². The van der Waals surface area contributed by atoms with Crippen LogP contribution in [0.25, 0.3) is 0 Å². The van der Waals surface area contributed by atoms with Crippen molar-refractivity contribution in [3.63, 3.8) is 0 Å². The molecule has 8 atom stereocenters. The Kier molecular flexibility index (Phi) is 5.75. The molecule has 0 radical (unpaired) electrons. The number of aromatic nitrogens is 1. The number of ether oxygens (including phenoxy) is 1. The summed E-state index contributed by atoms with van der Waals surface area (Å²) in [6, 6.07) is 3.13. The van der Waals surface area contributed by atoms with E-state index in [1.54, 1.807) is 25.4 Å². The van der Waals surface area contributed by atoms with Crippen molar-refractivity contribution in [2.24, 2.45) is 41.0 Å². The highest BCUT2D eigenvalue weighted by Crippen LogP contribution is 2.68. The summed E-state index contributed by atoms with van der Waals surface area (Å²) >= 11 is 0. The predicted molar refractivity (Wildman–Crippen MR) is 126 cm³/mol. The quantitative estimate of drug-likeness (QED) is 0.552. The first kappa shape index (κ1) is 23.9. The minimum Gasteiger partial charge on any atom is -0.458 e. The minimum atomic E-state index is -0.716. The molecule has 6 heteroatoms. The molecule has 1 heterocycles.